The summed E-state index contributed by atoms with van der Waals surface area (Å²) in [5.41, 5.74) is 0. The van der Waals surface area contributed by atoms with Gasteiger partial charge in [0.2, 0.25) is 0 Å². The zero-order valence-corrected chi connectivity index (χ0v) is 9.25. The average Bonchev–Trinajstić information content (AvgIpc) is 2.11. The average molecular weight is 234 g/mol. The van der Waals surface area contributed by atoms with Crippen LogP contribution >= 0.6 is 34.8 Å². The third-order valence-electron chi connectivity index (χ3n) is 1.65. The first kappa shape index (κ1) is 12.8. The van der Waals surface area contributed by atoms with Crippen molar-refractivity contribution in [1.29, 1.82) is 0 Å². The van der Waals surface area contributed by atoms with Crippen LogP contribution in [0.2, 0.25) is 0 Å². The summed E-state index contributed by atoms with van der Waals surface area (Å²) in [6, 6.07) is 0. The molecule has 2 unspecified atom stereocenters. The molecule has 1 N–H and O–H groups in total. The predicted molar refractivity (Wildman–Crippen MR) is 55.6 cm³/mol. The molecule has 0 aromatic carbocycles. The Morgan fingerprint density at radius 3 is 1.92 bits per heavy atom. The Kier molecular flexibility index (Phi) is 9.01. The van der Waals surface area contributed by atoms with Crippen molar-refractivity contribution in [2.24, 2.45) is 0 Å². The van der Waals surface area contributed by atoms with Crippen LogP contribution in [0.25, 0.3) is 0 Å². The Morgan fingerprint density at radius 1 is 1.00 bits per heavy atom. The molecule has 74 valence electrons. The normalized spacial score (nSPS) is 16.0. The molecule has 12 heavy (non-hydrogen) atoms. The van der Waals surface area contributed by atoms with E-state index >= 15 is 0 Å². The van der Waals surface area contributed by atoms with Gasteiger partial charge in [-0.2, -0.15) is 0 Å². The second-order valence-electron chi connectivity index (χ2n) is 2.82. The maximum atomic E-state index is 8.61. The molecule has 0 aromatic rings. The first-order valence-electron chi connectivity index (χ1n) is 4.15. The summed E-state index contributed by atoms with van der Waals surface area (Å²) in [7, 11) is 0. The van der Waals surface area contributed by atoms with Gasteiger partial charge in [-0.1, -0.05) is 12.8 Å². The van der Waals surface area contributed by atoms with Gasteiger partial charge >= 0.3 is 0 Å². The van der Waals surface area contributed by atoms with Gasteiger partial charge < -0.3 is 5.11 Å². The maximum Gasteiger partial charge on any atom is 0.0595 e. The number of alkyl halides is 3. The van der Waals surface area contributed by atoms with E-state index in [1.54, 1.807) is 0 Å². The molecule has 0 aliphatic rings. The van der Waals surface area contributed by atoms with E-state index in [2.05, 4.69) is 0 Å². The molecule has 0 heterocycles. The zero-order chi connectivity index (χ0) is 9.40. The van der Waals surface area contributed by atoms with Crippen LogP contribution in [0.5, 0.6) is 0 Å². The molecule has 0 spiro atoms. The highest BCUT2D eigenvalue weighted by Crippen LogP contribution is 2.13. The predicted octanol–water partition coefficient (Wildman–Crippen LogP) is 2.99. The first-order valence-corrected chi connectivity index (χ1v) is 5.56. The Labute approximate surface area is 89.0 Å². The number of aliphatic hydroxyl groups is 1. The largest absolute Gasteiger partial charge is 0.395 e. The highest BCUT2D eigenvalue weighted by molar-refractivity contribution is 6.28. The zero-order valence-electron chi connectivity index (χ0n) is 6.98. The molecular formula is C8H15Cl3O. The van der Waals surface area contributed by atoms with Gasteiger partial charge in [-0.25, -0.2) is 0 Å². The number of hydrogen-bond acceptors (Lipinski definition) is 1. The van der Waals surface area contributed by atoms with Crippen LogP contribution in [0, 0.1) is 0 Å². The van der Waals surface area contributed by atoms with Gasteiger partial charge in [0.1, 0.15) is 0 Å². The third-order valence-corrected chi connectivity index (χ3v) is 2.91. The van der Waals surface area contributed by atoms with E-state index in [0.717, 1.165) is 25.7 Å². The van der Waals surface area contributed by atoms with Crippen molar-refractivity contribution in [2.75, 3.05) is 12.5 Å². The molecule has 2 atom stereocenters. The van der Waals surface area contributed by atoms with Crippen molar-refractivity contribution in [3.05, 3.63) is 0 Å². The minimum atomic E-state index is -0.102. The highest BCUT2D eigenvalue weighted by Gasteiger charge is 2.04. The van der Waals surface area contributed by atoms with Crippen LogP contribution in [0.3, 0.4) is 0 Å². The van der Waals surface area contributed by atoms with E-state index in [0.29, 0.717) is 5.88 Å². The molecule has 0 bridgehead atoms. The summed E-state index contributed by atoms with van der Waals surface area (Å²) in [6.45, 7) is 0.0569. The van der Waals surface area contributed by atoms with Crippen LogP contribution in [-0.4, -0.2) is 28.3 Å². The van der Waals surface area contributed by atoms with E-state index in [1.165, 1.54) is 0 Å². The number of rotatable bonds is 7. The fourth-order valence-corrected chi connectivity index (χ4v) is 1.36. The lowest BCUT2D eigenvalue weighted by molar-refractivity contribution is 0.286. The second-order valence-corrected chi connectivity index (χ2v) is 4.36. The maximum absolute atomic E-state index is 8.61. The Hall–Kier alpha value is 0.830. The molecule has 0 aromatic heterocycles. The number of unbranched alkanes of at least 4 members (excludes halogenated alkanes) is 1. The summed E-state index contributed by atoms with van der Waals surface area (Å²) in [5, 5.41) is 8.59. The molecule has 0 aliphatic carbocycles. The summed E-state index contributed by atoms with van der Waals surface area (Å²) >= 11 is 17.0. The summed E-state index contributed by atoms with van der Waals surface area (Å²) in [4.78, 5) is 0. The summed E-state index contributed by atoms with van der Waals surface area (Å²) in [6.07, 6.45) is 3.82. The lowest BCUT2D eigenvalue weighted by atomic mass is 10.1. The fraction of sp³-hybridized carbons (Fsp3) is 1.00. The third kappa shape index (κ3) is 7.48. The van der Waals surface area contributed by atoms with E-state index < -0.39 is 0 Å². The minimum Gasteiger partial charge on any atom is -0.395 e. The second kappa shape index (κ2) is 8.43. The number of hydrogen-bond donors (Lipinski definition) is 1. The van der Waals surface area contributed by atoms with Crippen molar-refractivity contribution < 1.29 is 5.11 Å². The standard InChI is InChI=1S/C8H15Cl3O/c9-5-7(10)3-1-2-4-8(11)6-12/h7-8,12H,1-6H2. The minimum absolute atomic E-state index is 0.0569. The Bertz CT molecular complexity index is 88.3. The van der Waals surface area contributed by atoms with E-state index in [9.17, 15) is 0 Å². The molecule has 0 fully saturated rings. The number of halogens is 3. The van der Waals surface area contributed by atoms with Crippen LogP contribution in [-0.2, 0) is 0 Å². The van der Waals surface area contributed by atoms with Crippen molar-refractivity contribution in [3.8, 4) is 0 Å². The molecular weight excluding hydrogens is 218 g/mol. The molecule has 0 saturated carbocycles. The van der Waals surface area contributed by atoms with Gasteiger partial charge in [0.25, 0.3) is 0 Å². The molecule has 0 aliphatic heterocycles. The Morgan fingerprint density at radius 2 is 1.50 bits per heavy atom. The highest BCUT2D eigenvalue weighted by atomic mass is 35.5. The topological polar surface area (TPSA) is 20.2 Å². The van der Waals surface area contributed by atoms with Crippen LogP contribution < -0.4 is 0 Å². The van der Waals surface area contributed by atoms with Gasteiger partial charge in [-0.05, 0) is 12.8 Å². The smallest absolute Gasteiger partial charge is 0.0595 e. The summed E-state index contributed by atoms with van der Waals surface area (Å²) in [5.74, 6) is 0.506. The monoisotopic (exact) mass is 232 g/mol. The molecule has 0 amide bonds. The van der Waals surface area contributed by atoms with Crippen LogP contribution in [0.1, 0.15) is 25.7 Å². The molecule has 0 saturated heterocycles. The van der Waals surface area contributed by atoms with E-state index in [-0.39, 0.29) is 17.4 Å². The molecule has 1 nitrogen and oxygen atoms in total. The van der Waals surface area contributed by atoms with Gasteiger partial charge in [-0.3, -0.25) is 0 Å². The summed E-state index contributed by atoms with van der Waals surface area (Å²) < 4.78 is 0. The van der Waals surface area contributed by atoms with Crippen molar-refractivity contribution in [2.45, 2.75) is 36.4 Å². The van der Waals surface area contributed by atoms with Gasteiger partial charge in [0, 0.05) is 11.3 Å². The van der Waals surface area contributed by atoms with Crippen LogP contribution in [0.4, 0.5) is 0 Å². The van der Waals surface area contributed by atoms with Gasteiger partial charge in [-0.15, -0.1) is 34.8 Å². The van der Waals surface area contributed by atoms with Gasteiger partial charge in [0.05, 0.1) is 12.0 Å². The van der Waals surface area contributed by atoms with E-state index in [4.69, 9.17) is 39.9 Å². The molecule has 0 radical (unpaired) electrons. The van der Waals surface area contributed by atoms with Crippen molar-refractivity contribution >= 4 is 34.8 Å². The van der Waals surface area contributed by atoms with Crippen molar-refractivity contribution in [3.63, 3.8) is 0 Å². The SMILES string of the molecule is OCC(Cl)CCCCC(Cl)CCl. The lowest BCUT2D eigenvalue weighted by Gasteiger charge is -2.06. The van der Waals surface area contributed by atoms with Crippen molar-refractivity contribution in [1.82, 2.24) is 0 Å². The fourth-order valence-electron chi connectivity index (χ4n) is 0.900. The van der Waals surface area contributed by atoms with Crippen LogP contribution in [0.15, 0.2) is 0 Å². The Balaban J connectivity index is 3.10. The number of aliphatic hydroxyl groups excluding tert-OH is 1. The quantitative estimate of drug-likeness (QED) is 0.529. The first-order chi connectivity index (χ1) is 5.70. The molecule has 4 heteroatoms. The lowest BCUT2D eigenvalue weighted by Crippen LogP contribution is -2.05. The van der Waals surface area contributed by atoms with E-state index in [1.807, 2.05) is 0 Å². The van der Waals surface area contributed by atoms with Gasteiger partial charge in [0.15, 0.2) is 0 Å². The molecule has 0 rings (SSSR count).